The van der Waals surface area contributed by atoms with Crippen LogP contribution in [0.1, 0.15) is 28.9 Å². The highest BCUT2D eigenvalue weighted by atomic mass is 35.5. The predicted octanol–water partition coefficient (Wildman–Crippen LogP) is 3.15. The zero-order valence-corrected chi connectivity index (χ0v) is 14.9. The Kier molecular flexibility index (Phi) is 5.63. The fourth-order valence-electron chi connectivity index (χ4n) is 2.50. The second kappa shape index (κ2) is 8.10. The highest BCUT2D eigenvalue weighted by Gasteiger charge is 2.17. The zero-order chi connectivity index (χ0) is 18.5. The molecule has 26 heavy (non-hydrogen) atoms. The van der Waals surface area contributed by atoms with Gasteiger partial charge in [-0.05, 0) is 42.8 Å². The van der Waals surface area contributed by atoms with Crippen molar-refractivity contribution in [3.05, 3.63) is 58.6 Å². The molecule has 0 unspecified atom stereocenters. The van der Waals surface area contributed by atoms with Crippen LogP contribution in [0.4, 0.5) is 0 Å². The maximum Gasteiger partial charge on any atom is 0.338 e. The number of carbonyl (C=O) groups excluding carboxylic acids is 2. The molecule has 3 rings (SSSR count). The lowest BCUT2D eigenvalue weighted by atomic mass is 10.1. The Hall–Kier alpha value is -2.73. The van der Waals surface area contributed by atoms with Crippen molar-refractivity contribution in [3.63, 3.8) is 0 Å². The van der Waals surface area contributed by atoms with E-state index in [1.54, 1.807) is 30.3 Å². The Morgan fingerprint density at radius 3 is 2.54 bits per heavy atom. The van der Waals surface area contributed by atoms with Gasteiger partial charge < -0.3 is 19.5 Å². The van der Waals surface area contributed by atoms with Crippen LogP contribution in [0.3, 0.4) is 0 Å². The number of ether oxygens (including phenoxy) is 3. The zero-order valence-electron chi connectivity index (χ0n) is 14.2. The summed E-state index contributed by atoms with van der Waals surface area (Å²) < 4.78 is 15.9. The molecule has 1 aliphatic rings. The molecule has 1 heterocycles. The summed E-state index contributed by atoms with van der Waals surface area (Å²) in [6.45, 7) is 2.37. The molecular formula is C19H18ClNO5. The Labute approximate surface area is 156 Å². The first-order valence-corrected chi connectivity index (χ1v) is 8.52. The fourth-order valence-corrected chi connectivity index (χ4v) is 2.63. The molecule has 0 aromatic heterocycles. The van der Waals surface area contributed by atoms with E-state index in [2.05, 4.69) is 5.32 Å². The van der Waals surface area contributed by atoms with Crippen molar-refractivity contribution >= 4 is 23.5 Å². The lowest BCUT2D eigenvalue weighted by molar-refractivity contribution is -0.124. The summed E-state index contributed by atoms with van der Waals surface area (Å²) in [5.41, 5.74) is 1.20. The number of amides is 1. The standard InChI is InChI=1S/C19H18ClNO5/c1-12(13-2-5-15(20)6-3-13)21-18(22)11-26-19(23)14-4-7-16-17(10-14)25-9-8-24-16/h2-7,10,12H,8-9,11H2,1H3,(H,21,22)/t12-/m1/s1. The van der Waals surface area contributed by atoms with Crippen LogP contribution in [-0.2, 0) is 9.53 Å². The molecule has 136 valence electrons. The molecule has 0 aliphatic carbocycles. The Bertz CT molecular complexity index is 806. The van der Waals surface area contributed by atoms with Gasteiger partial charge in [-0.25, -0.2) is 4.79 Å². The molecule has 0 fully saturated rings. The summed E-state index contributed by atoms with van der Waals surface area (Å²) >= 11 is 5.85. The van der Waals surface area contributed by atoms with Gasteiger partial charge in [0, 0.05) is 5.02 Å². The minimum Gasteiger partial charge on any atom is -0.486 e. The molecule has 2 aromatic carbocycles. The summed E-state index contributed by atoms with van der Waals surface area (Å²) in [4.78, 5) is 24.1. The van der Waals surface area contributed by atoms with Crippen LogP contribution in [0, 0.1) is 0 Å². The topological polar surface area (TPSA) is 73.9 Å². The van der Waals surface area contributed by atoms with Gasteiger partial charge >= 0.3 is 5.97 Å². The average molecular weight is 376 g/mol. The predicted molar refractivity (Wildman–Crippen MR) is 95.7 cm³/mol. The second-order valence-corrected chi connectivity index (χ2v) is 6.21. The van der Waals surface area contributed by atoms with Gasteiger partial charge in [-0.3, -0.25) is 4.79 Å². The third-order valence-corrected chi connectivity index (χ3v) is 4.11. The Balaban J connectivity index is 1.52. The molecule has 0 saturated heterocycles. The average Bonchev–Trinajstić information content (AvgIpc) is 2.66. The van der Waals surface area contributed by atoms with Crippen LogP contribution in [0.25, 0.3) is 0 Å². The molecular weight excluding hydrogens is 358 g/mol. The van der Waals surface area contributed by atoms with Gasteiger partial charge in [-0.1, -0.05) is 23.7 Å². The van der Waals surface area contributed by atoms with Crippen LogP contribution in [0.2, 0.25) is 5.02 Å². The van der Waals surface area contributed by atoms with Crippen molar-refractivity contribution < 1.29 is 23.8 Å². The minimum atomic E-state index is -0.601. The number of esters is 1. The van der Waals surface area contributed by atoms with Crippen LogP contribution in [0.15, 0.2) is 42.5 Å². The number of carbonyl (C=O) groups is 2. The molecule has 0 spiro atoms. The first-order chi connectivity index (χ1) is 12.5. The largest absolute Gasteiger partial charge is 0.486 e. The van der Waals surface area contributed by atoms with E-state index >= 15 is 0 Å². The highest BCUT2D eigenvalue weighted by Crippen LogP contribution is 2.30. The van der Waals surface area contributed by atoms with Gasteiger partial charge in [-0.15, -0.1) is 0 Å². The smallest absolute Gasteiger partial charge is 0.338 e. The van der Waals surface area contributed by atoms with Crippen LogP contribution in [-0.4, -0.2) is 31.7 Å². The first-order valence-electron chi connectivity index (χ1n) is 8.14. The van der Waals surface area contributed by atoms with E-state index in [1.807, 2.05) is 19.1 Å². The molecule has 0 bridgehead atoms. The third kappa shape index (κ3) is 4.46. The molecule has 1 atom stereocenters. The van der Waals surface area contributed by atoms with Crippen molar-refractivity contribution in [2.24, 2.45) is 0 Å². The number of hydrogen-bond donors (Lipinski definition) is 1. The molecule has 0 radical (unpaired) electrons. The third-order valence-electron chi connectivity index (χ3n) is 3.86. The molecule has 0 saturated carbocycles. The number of rotatable bonds is 5. The van der Waals surface area contributed by atoms with E-state index in [0.717, 1.165) is 5.56 Å². The summed E-state index contributed by atoms with van der Waals surface area (Å²) in [6.07, 6.45) is 0. The number of nitrogens with one attached hydrogen (secondary N) is 1. The Morgan fingerprint density at radius 2 is 1.81 bits per heavy atom. The second-order valence-electron chi connectivity index (χ2n) is 5.78. The highest BCUT2D eigenvalue weighted by molar-refractivity contribution is 6.30. The van der Waals surface area contributed by atoms with Crippen molar-refractivity contribution in [1.29, 1.82) is 0 Å². The maximum atomic E-state index is 12.1. The van der Waals surface area contributed by atoms with Crippen molar-refractivity contribution in [3.8, 4) is 11.5 Å². The maximum absolute atomic E-state index is 12.1. The van der Waals surface area contributed by atoms with Gasteiger partial charge in [-0.2, -0.15) is 0 Å². The van der Waals surface area contributed by atoms with E-state index in [-0.39, 0.29) is 12.6 Å². The van der Waals surface area contributed by atoms with E-state index in [4.69, 9.17) is 25.8 Å². The lowest BCUT2D eigenvalue weighted by Crippen LogP contribution is -2.31. The lowest BCUT2D eigenvalue weighted by Gasteiger charge is -2.18. The van der Waals surface area contributed by atoms with E-state index in [1.165, 1.54) is 0 Å². The number of fused-ring (bicyclic) bond motifs is 1. The molecule has 2 aromatic rings. The van der Waals surface area contributed by atoms with Crippen LogP contribution in [0.5, 0.6) is 11.5 Å². The van der Waals surface area contributed by atoms with Crippen molar-refractivity contribution in [1.82, 2.24) is 5.32 Å². The Morgan fingerprint density at radius 1 is 1.12 bits per heavy atom. The van der Waals surface area contributed by atoms with E-state index in [9.17, 15) is 9.59 Å². The van der Waals surface area contributed by atoms with E-state index in [0.29, 0.717) is 35.3 Å². The summed E-state index contributed by atoms with van der Waals surface area (Å²) in [7, 11) is 0. The number of benzene rings is 2. The van der Waals surface area contributed by atoms with Crippen molar-refractivity contribution in [2.75, 3.05) is 19.8 Å². The van der Waals surface area contributed by atoms with Crippen LogP contribution >= 0.6 is 11.6 Å². The summed E-state index contributed by atoms with van der Waals surface area (Å²) in [5, 5.41) is 3.39. The number of hydrogen-bond acceptors (Lipinski definition) is 5. The first kappa shape index (κ1) is 18.1. The van der Waals surface area contributed by atoms with Crippen molar-refractivity contribution in [2.45, 2.75) is 13.0 Å². The quantitative estimate of drug-likeness (QED) is 0.813. The molecule has 1 amide bonds. The van der Waals surface area contributed by atoms with E-state index < -0.39 is 11.9 Å². The normalized spacial score (nSPS) is 13.6. The molecule has 6 nitrogen and oxygen atoms in total. The molecule has 7 heteroatoms. The summed E-state index contributed by atoms with van der Waals surface area (Å²) in [6, 6.07) is 11.7. The van der Waals surface area contributed by atoms with Gasteiger partial charge in [0.2, 0.25) is 0 Å². The van der Waals surface area contributed by atoms with Gasteiger partial charge in [0.05, 0.1) is 11.6 Å². The minimum absolute atomic E-state index is 0.229. The summed E-state index contributed by atoms with van der Waals surface area (Å²) in [5.74, 6) is 0.0865. The number of halogens is 1. The fraction of sp³-hybridized carbons (Fsp3) is 0.263. The van der Waals surface area contributed by atoms with Gasteiger partial charge in [0.15, 0.2) is 18.1 Å². The van der Waals surface area contributed by atoms with Crippen LogP contribution < -0.4 is 14.8 Å². The monoisotopic (exact) mass is 375 g/mol. The van der Waals surface area contributed by atoms with Gasteiger partial charge in [0.25, 0.3) is 5.91 Å². The molecule has 1 aliphatic heterocycles. The SMILES string of the molecule is C[C@@H](NC(=O)COC(=O)c1ccc2c(c1)OCCO2)c1ccc(Cl)cc1. The van der Waals surface area contributed by atoms with Gasteiger partial charge in [0.1, 0.15) is 13.2 Å². The molecule has 1 N–H and O–H groups in total.